The van der Waals surface area contributed by atoms with Crippen molar-refractivity contribution in [2.75, 3.05) is 38.2 Å². The van der Waals surface area contributed by atoms with Crippen LogP contribution in [0, 0.1) is 5.82 Å². The lowest BCUT2D eigenvalue weighted by Gasteiger charge is -2.39. The molecule has 4 aromatic carbocycles. The SMILES string of the molecule is CC[C@@H](c1nc2c(F)ccc(Cl)c2c(=O)n1N1CCN(Cc2ccccc2)CC1)N(C)C(=O)OC1c2ccccc2-c2ccccc21. The van der Waals surface area contributed by atoms with Gasteiger partial charge in [-0.15, -0.1) is 0 Å². The average molecular weight is 652 g/mol. The van der Waals surface area contributed by atoms with Gasteiger partial charge in [0.2, 0.25) is 0 Å². The van der Waals surface area contributed by atoms with Gasteiger partial charge in [0.1, 0.15) is 11.3 Å². The van der Waals surface area contributed by atoms with Crippen LogP contribution in [0.2, 0.25) is 5.02 Å². The van der Waals surface area contributed by atoms with E-state index < -0.39 is 29.6 Å². The van der Waals surface area contributed by atoms with E-state index in [4.69, 9.17) is 21.3 Å². The minimum Gasteiger partial charge on any atom is -0.436 e. The van der Waals surface area contributed by atoms with Crippen LogP contribution in [0.1, 0.15) is 48.0 Å². The van der Waals surface area contributed by atoms with Crippen molar-refractivity contribution < 1.29 is 13.9 Å². The van der Waals surface area contributed by atoms with Crippen molar-refractivity contribution in [1.82, 2.24) is 19.5 Å². The zero-order chi connectivity index (χ0) is 32.7. The van der Waals surface area contributed by atoms with Gasteiger partial charge >= 0.3 is 6.09 Å². The van der Waals surface area contributed by atoms with Crippen LogP contribution in [-0.4, -0.2) is 58.8 Å². The number of amides is 1. The number of carbonyl (C=O) groups is 1. The molecule has 7 rings (SSSR count). The molecule has 1 atom stereocenters. The van der Waals surface area contributed by atoms with Crippen molar-refractivity contribution in [1.29, 1.82) is 0 Å². The first-order chi connectivity index (χ1) is 22.9. The van der Waals surface area contributed by atoms with Gasteiger partial charge in [-0.2, -0.15) is 0 Å². The first-order valence-electron chi connectivity index (χ1n) is 15.9. The molecule has 0 radical (unpaired) electrons. The third kappa shape index (κ3) is 5.64. The van der Waals surface area contributed by atoms with Gasteiger partial charge in [0, 0.05) is 50.9 Å². The smallest absolute Gasteiger partial charge is 0.411 e. The first kappa shape index (κ1) is 30.9. The molecule has 1 aliphatic heterocycles. The van der Waals surface area contributed by atoms with Crippen molar-refractivity contribution >= 4 is 28.6 Å². The highest BCUT2D eigenvalue weighted by molar-refractivity contribution is 6.35. The highest BCUT2D eigenvalue weighted by Crippen LogP contribution is 2.45. The average Bonchev–Trinajstić information content (AvgIpc) is 3.41. The van der Waals surface area contributed by atoms with Gasteiger partial charge in [0.05, 0.1) is 16.5 Å². The fraction of sp³-hybridized carbons (Fsp3) is 0.270. The van der Waals surface area contributed by atoms with E-state index in [1.165, 1.54) is 27.3 Å². The molecule has 2 heterocycles. The van der Waals surface area contributed by atoms with Crippen molar-refractivity contribution in [3.8, 4) is 11.1 Å². The monoisotopic (exact) mass is 651 g/mol. The van der Waals surface area contributed by atoms with E-state index in [2.05, 4.69) is 17.0 Å². The number of halogens is 2. The Bertz CT molecular complexity index is 1970. The fourth-order valence-corrected chi connectivity index (χ4v) is 7.06. The zero-order valence-electron chi connectivity index (χ0n) is 26.3. The molecule has 0 saturated carbocycles. The van der Waals surface area contributed by atoms with E-state index in [0.717, 1.165) is 28.8 Å². The molecule has 1 saturated heterocycles. The Hall–Kier alpha value is -4.73. The number of benzene rings is 4. The molecule has 8 nitrogen and oxygen atoms in total. The second-order valence-corrected chi connectivity index (χ2v) is 12.4. The zero-order valence-corrected chi connectivity index (χ0v) is 27.0. The lowest BCUT2D eigenvalue weighted by molar-refractivity contribution is 0.0710. The molecule has 2 aliphatic rings. The number of rotatable bonds is 7. The van der Waals surface area contributed by atoms with Crippen LogP contribution >= 0.6 is 11.6 Å². The number of hydrogen-bond acceptors (Lipinski definition) is 6. The predicted molar refractivity (Wildman–Crippen MR) is 182 cm³/mol. The molecular formula is C37H35ClFN5O3. The van der Waals surface area contributed by atoms with Gasteiger partial charge in [-0.3, -0.25) is 9.69 Å². The van der Waals surface area contributed by atoms with E-state index in [1.54, 1.807) is 7.05 Å². The summed E-state index contributed by atoms with van der Waals surface area (Å²) in [5.74, 6) is -0.392. The van der Waals surface area contributed by atoms with Crippen molar-refractivity contribution in [2.24, 2.45) is 0 Å². The number of carbonyl (C=O) groups excluding carboxylic acids is 1. The van der Waals surface area contributed by atoms with E-state index in [0.29, 0.717) is 32.6 Å². The number of fused-ring (bicyclic) bond motifs is 4. The van der Waals surface area contributed by atoms with Crippen molar-refractivity contribution in [3.63, 3.8) is 0 Å². The maximum atomic E-state index is 15.2. The Morgan fingerprint density at radius 3 is 2.19 bits per heavy atom. The summed E-state index contributed by atoms with van der Waals surface area (Å²) >= 11 is 6.48. The molecule has 5 aromatic rings. The summed E-state index contributed by atoms with van der Waals surface area (Å²) in [6, 6.07) is 27.9. The Morgan fingerprint density at radius 1 is 0.936 bits per heavy atom. The Morgan fingerprint density at radius 2 is 1.55 bits per heavy atom. The number of hydrogen-bond donors (Lipinski definition) is 0. The topological polar surface area (TPSA) is 70.9 Å². The first-order valence-corrected chi connectivity index (χ1v) is 16.3. The minimum absolute atomic E-state index is 0.0152. The van der Waals surface area contributed by atoms with E-state index in [-0.39, 0.29) is 21.7 Å². The summed E-state index contributed by atoms with van der Waals surface area (Å²) in [6.45, 7) is 5.15. The lowest BCUT2D eigenvalue weighted by atomic mass is 10.1. The molecular weight excluding hydrogens is 617 g/mol. The summed E-state index contributed by atoms with van der Waals surface area (Å²) in [6.07, 6.45) is -0.763. The normalized spacial score (nSPS) is 15.4. The molecule has 0 N–H and O–H groups in total. The van der Waals surface area contributed by atoms with Crippen LogP contribution in [0.25, 0.3) is 22.0 Å². The highest BCUT2D eigenvalue weighted by Gasteiger charge is 2.35. The maximum Gasteiger partial charge on any atom is 0.411 e. The molecule has 1 amide bonds. The lowest BCUT2D eigenvalue weighted by Crippen LogP contribution is -2.55. The van der Waals surface area contributed by atoms with Crippen molar-refractivity contribution in [2.45, 2.75) is 32.0 Å². The van der Waals surface area contributed by atoms with Gasteiger partial charge in [0.15, 0.2) is 11.9 Å². The Labute approximate surface area is 277 Å². The van der Waals surface area contributed by atoms with Crippen LogP contribution < -0.4 is 10.6 Å². The van der Waals surface area contributed by atoms with Crippen LogP contribution in [-0.2, 0) is 11.3 Å². The molecule has 1 aromatic heterocycles. The third-order valence-electron chi connectivity index (χ3n) is 9.24. The van der Waals surface area contributed by atoms with Gasteiger partial charge < -0.3 is 14.6 Å². The Balaban J connectivity index is 1.22. The summed E-state index contributed by atoms with van der Waals surface area (Å²) in [5.41, 5.74) is 4.51. The molecule has 0 spiro atoms. The summed E-state index contributed by atoms with van der Waals surface area (Å²) < 4.78 is 23.0. The molecule has 0 unspecified atom stereocenters. The largest absolute Gasteiger partial charge is 0.436 e. The van der Waals surface area contributed by atoms with Crippen LogP contribution in [0.5, 0.6) is 0 Å². The van der Waals surface area contributed by atoms with Crippen LogP contribution in [0.3, 0.4) is 0 Å². The van der Waals surface area contributed by atoms with Gasteiger partial charge in [-0.1, -0.05) is 97.4 Å². The standard InChI is InChI=1S/C37H35ClFN5O3/c1-3-31(41(2)37(46)47-34-27-15-9-7-13-25(27)26-14-8-10-16-28(26)34)35-40-33-30(39)18-17-29(38)32(33)36(45)44(35)43-21-19-42(20-22-43)23-24-11-5-4-6-12-24/h4-18,31,34H,3,19-23H2,1-2H3/t31-/m0/s1. The van der Waals surface area contributed by atoms with Gasteiger partial charge in [-0.25, -0.2) is 18.8 Å². The summed E-state index contributed by atoms with van der Waals surface area (Å²) in [5, 5.41) is 2.07. The molecule has 1 fully saturated rings. The fourth-order valence-electron chi connectivity index (χ4n) is 6.83. The summed E-state index contributed by atoms with van der Waals surface area (Å²) in [7, 11) is 1.64. The van der Waals surface area contributed by atoms with E-state index >= 15 is 4.39 Å². The number of ether oxygens (including phenoxy) is 1. The van der Waals surface area contributed by atoms with E-state index in [1.807, 2.05) is 78.7 Å². The highest BCUT2D eigenvalue weighted by atomic mass is 35.5. The molecule has 240 valence electrons. The summed E-state index contributed by atoms with van der Waals surface area (Å²) in [4.78, 5) is 36.7. The maximum absolute atomic E-state index is 15.2. The number of piperazine rings is 1. The quantitative estimate of drug-likeness (QED) is 0.190. The molecule has 0 bridgehead atoms. The van der Waals surface area contributed by atoms with Crippen LogP contribution in [0.4, 0.5) is 9.18 Å². The second-order valence-electron chi connectivity index (χ2n) is 12.0. The molecule has 47 heavy (non-hydrogen) atoms. The van der Waals surface area contributed by atoms with Crippen LogP contribution in [0.15, 0.2) is 95.8 Å². The molecule has 10 heteroatoms. The predicted octanol–water partition coefficient (Wildman–Crippen LogP) is 6.93. The Kier molecular flexibility index (Phi) is 8.42. The minimum atomic E-state index is -0.702. The van der Waals surface area contributed by atoms with Gasteiger partial charge in [0.25, 0.3) is 5.56 Å². The molecule has 1 aliphatic carbocycles. The van der Waals surface area contributed by atoms with Crippen molar-refractivity contribution in [3.05, 3.63) is 135 Å². The van der Waals surface area contributed by atoms with Gasteiger partial charge in [-0.05, 0) is 35.2 Å². The number of aromatic nitrogens is 2. The van der Waals surface area contributed by atoms with E-state index in [9.17, 15) is 9.59 Å². The second kappa shape index (κ2) is 12.8. The number of nitrogens with zero attached hydrogens (tertiary/aromatic N) is 5. The third-order valence-corrected chi connectivity index (χ3v) is 9.56.